The van der Waals surface area contributed by atoms with Crippen LogP contribution < -0.4 is 5.32 Å². The maximum atomic E-state index is 13.4. The molecule has 0 fully saturated rings. The van der Waals surface area contributed by atoms with E-state index in [9.17, 15) is 9.59 Å². The third-order valence-corrected chi connectivity index (χ3v) is 5.53. The molecule has 1 aromatic heterocycles. The molecule has 7 heteroatoms. The minimum Gasteiger partial charge on any atom is -0.355 e. The average Bonchev–Trinajstić information content (AvgIpc) is 3.30. The molecule has 0 bridgehead atoms. The number of nitrogens with zero attached hydrogens (tertiary/aromatic N) is 3. The van der Waals surface area contributed by atoms with Gasteiger partial charge in [-0.2, -0.15) is 5.10 Å². The summed E-state index contributed by atoms with van der Waals surface area (Å²) in [6, 6.07) is 25.9. The highest BCUT2D eigenvalue weighted by Gasteiger charge is 2.21. The summed E-state index contributed by atoms with van der Waals surface area (Å²) in [5, 5.41) is 7.95. The van der Waals surface area contributed by atoms with E-state index in [0.29, 0.717) is 28.5 Å². The van der Waals surface area contributed by atoms with Crippen molar-refractivity contribution in [3.8, 4) is 16.9 Å². The summed E-state index contributed by atoms with van der Waals surface area (Å²) in [7, 11) is 3.34. The molecule has 0 saturated carbocycles. The lowest BCUT2D eigenvalue weighted by molar-refractivity contribution is 0.0775. The first-order valence-corrected chi connectivity index (χ1v) is 10.8. The Hall–Kier alpha value is -3.90. The first-order valence-electron chi connectivity index (χ1n) is 10.4. The van der Waals surface area contributed by atoms with E-state index in [1.165, 1.54) is 0 Å². The summed E-state index contributed by atoms with van der Waals surface area (Å²) < 4.78 is 1.66. The van der Waals surface area contributed by atoms with Crippen LogP contribution in [0.25, 0.3) is 16.9 Å². The Morgan fingerprint density at radius 1 is 0.970 bits per heavy atom. The molecule has 0 radical (unpaired) electrons. The van der Waals surface area contributed by atoms with Gasteiger partial charge in [-0.05, 0) is 48.0 Å². The van der Waals surface area contributed by atoms with Crippen molar-refractivity contribution in [3.05, 3.63) is 107 Å². The molecule has 166 valence electrons. The second kappa shape index (κ2) is 9.71. The highest BCUT2D eigenvalue weighted by atomic mass is 35.5. The molecule has 0 atom stereocenters. The molecule has 1 heterocycles. The quantitative estimate of drug-likeness (QED) is 0.450. The molecule has 0 unspecified atom stereocenters. The van der Waals surface area contributed by atoms with Crippen LogP contribution in [0.4, 0.5) is 0 Å². The molecule has 1 N–H and O–H groups in total. The van der Waals surface area contributed by atoms with Gasteiger partial charge in [0.1, 0.15) is 5.69 Å². The van der Waals surface area contributed by atoms with Crippen molar-refractivity contribution in [2.75, 3.05) is 14.1 Å². The molecule has 4 aromatic rings. The number of hydrogen-bond donors (Lipinski definition) is 1. The fraction of sp³-hybridized carbons (Fsp3) is 0.115. The Labute approximate surface area is 197 Å². The van der Waals surface area contributed by atoms with Gasteiger partial charge < -0.3 is 10.2 Å². The summed E-state index contributed by atoms with van der Waals surface area (Å²) in [6.45, 7) is 0.392. The minimum absolute atomic E-state index is 0.146. The largest absolute Gasteiger partial charge is 0.355 e. The second-order valence-corrected chi connectivity index (χ2v) is 8.04. The smallest absolute Gasteiger partial charge is 0.272 e. The van der Waals surface area contributed by atoms with E-state index in [1.54, 1.807) is 54.0 Å². The van der Waals surface area contributed by atoms with Crippen LogP contribution in [-0.2, 0) is 6.54 Å². The van der Waals surface area contributed by atoms with Crippen LogP contribution in [0.2, 0.25) is 5.02 Å². The van der Waals surface area contributed by atoms with Crippen LogP contribution >= 0.6 is 11.6 Å². The van der Waals surface area contributed by atoms with Crippen LogP contribution in [0.3, 0.4) is 0 Å². The molecule has 33 heavy (non-hydrogen) atoms. The van der Waals surface area contributed by atoms with E-state index in [1.807, 2.05) is 54.6 Å². The second-order valence-electron chi connectivity index (χ2n) is 7.61. The van der Waals surface area contributed by atoms with Crippen LogP contribution in [0.5, 0.6) is 0 Å². The zero-order chi connectivity index (χ0) is 23.4. The van der Waals surface area contributed by atoms with Crippen molar-refractivity contribution in [3.63, 3.8) is 0 Å². The summed E-state index contributed by atoms with van der Waals surface area (Å²) in [6.07, 6.45) is 0. The predicted molar refractivity (Wildman–Crippen MR) is 130 cm³/mol. The number of aromatic nitrogens is 2. The molecule has 0 aliphatic carbocycles. The van der Waals surface area contributed by atoms with Crippen LogP contribution in [0, 0.1) is 0 Å². The Morgan fingerprint density at radius 2 is 1.64 bits per heavy atom. The van der Waals surface area contributed by atoms with Gasteiger partial charge in [0.2, 0.25) is 0 Å². The number of amides is 2. The van der Waals surface area contributed by atoms with E-state index >= 15 is 0 Å². The topological polar surface area (TPSA) is 67.2 Å². The fourth-order valence-electron chi connectivity index (χ4n) is 3.51. The lowest BCUT2D eigenvalue weighted by Crippen LogP contribution is -2.28. The summed E-state index contributed by atoms with van der Waals surface area (Å²) in [5.74, 6) is -0.311. The van der Waals surface area contributed by atoms with E-state index in [2.05, 4.69) is 5.32 Å². The number of carbonyl (C=O) groups is 2. The summed E-state index contributed by atoms with van der Waals surface area (Å²) in [5.41, 5.74) is 4.30. The standard InChI is InChI=1S/C26H23ClN4O2/c1-28-25(32)20-10-8-18(9-11-20)17-30(2)26(33)24-16-23(19-12-14-21(27)15-13-19)29-31(24)22-6-4-3-5-7-22/h3-16H,17H2,1-2H3,(H,28,32). The Balaban J connectivity index is 1.64. The number of hydrogen-bond acceptors (Lipinski definition) is 3. The van der Waals surface area contributed by atoms with Crippen molar-refractivity contribution in [2.45, 2.75) is 6.54 Å². The molecule has 3 aromatic carbocycles. The number of rotatable bonds is 6. The zero-order valence-electron chi connectivity index (χ0n) is 18.3. The van der Waals surface area contributed by atoms with E-state index in [0.717, 1.165) is 16.8 Å². The molecule has 6 nitrogen and oxygen atoms in total. The number of benzene rings is 3. The zero-order valence-corrected chi connectivity index (χ0v) is 19.1. The number of para-hydroxylation sites is 1. The monoisotopic (exact) mass is 458 g/mol. The molecule has 0 aliphatic heterocycles. The van der Waals surface area contributed by atoms with Crippen molar-refractivity contribution >= 4 is 23.4 Å². The lowest BCUT2D eigenvalue weighted by atomic mass is 10.1. The van der Waals surface area contributed by atoms with Crippen LogP contribution in [-0.4, -0.2) is 40.6 Å². The first-order chi connectivity index (χ1) is 16.0. The number of carbonyl (C=O) groups excluding carboxylic acids is 2. The van der Waals surface area contributed by atoms with Gasteiger partial charge in [0.05, 0.1) is 11.4 Å². The average molecular weight is 459 g/mol. The van der Waals surface area contributed by atoms with Crippen LogP contribution in [0.15, 0.2) is 84.9 Å². The molecule has 0 aliphatic rings. The highest BCUT2D eigenvalue weighted by molar-refractivity contribution is 6.30. The fourth-order valence-corrected chi connectivity index (χ4v) is 3.63. The summed E-state index contributed by atoms with van der Waals surface area (Å²) >= 11 is 6.03. The molecular weight excluding hydrogens is 436 g/mol. The van der Waals surface area contributed by atoms with Gasteiger partial charge in [-0.3, -0.25) is 9.59 Å². The maximum absolute atomic E-state index is 13.4. The Morgan fingerprint density at radius 3 is 2.27 bits per heavy atom. The Kier molecular flexibility index (Phi) is 6.56. The third-order valence-electron chi connectivity index (χ3n) is 5.28. The van der Waals surface area contributed by atoms with Crippen LogP contribution in [0.1, 0.15) is 26.4 Å². The van der Waals surface area contributed by atoms with Crippen molar-refractivity contribution < 1.29 is 9.59 Å². The third kappa shape index (κ3) is 4.96. The van der Waals surface area contributed by atoms with E-state index < -0.39 is 0 Å². The molecule has 4 rings (SSSR count). The van der Waals surface area contributed by atoms with Crippen molar-refractivity contribution in [1.29, 1.82) is 0 Å². The predicted octanol–water partition coefficient (Wildman–Crippen LogP) is 4.82. The van der Waals surface area contributed by atoms with Gasteiger partial charge in [-0.1, -0.05) is 54.1 Å². The minimum atomic E-state index is -0.165. The first kappa shape index (κ1) is 22.3. The maximum Gasteiger partial charge on any atom is 0.272 e. The van der Waals surface area contributed by atoms with Gasteiger partial charge in [0.25, 0.3) is 11.8 Å². The summed E-state index contributed by atoms with van der Waals surface area (Å²) in [4.78, 5) is 26.8. The molecule has 0 spiro atoms. The van der Waals surface area contributed by atoms with Crippen molar-refractivity contribution in [1.82, 2.24) is 20.0 Å². The lowest BCUT2D eigenvalue weighted by Gasteiger charge is -2.18. The van der Waals surface area contributed by atoms with Crippen molar-refractivity contribution in [2.24, 2.45) is 0 Å². The van der Waals surface area contributed by atoms with Gasteiger partial charge >= 0.3 is 0 Å². The van der Waals surface area contributed by atoms with E-state index in [4.69, 9.17) is 16.7 Å². The molecular formula is C26H23ClN4O2. The van der Waals surface area contributed by atoms with Gasteiger partial charge in [0.15, 0.2) is 0 Å². The Bertz CT molecular complexity index is 1270. The van der Waals surface area contributed by atoms with Gasteiger partial charge in [-0.15, -0.1) is 0 Å². The van der Waals surface area contributed by atoms with Gasteiger partial charge in [0, 0.05) is 36.8 Å². The van der Waals surface area contributed by atoms with Gasteiger partial charge in [-0.25, -0.2) is 4.68 Å². The normalized spacial score (nSPS) is 10.6. The SMILES string of the molecule is CNC(=O)c1ccc(CN(C)C(=O)c2cc(-c3ccc(Cl)cc3)nn2-c2ccccc2)cc1. The molecule has 2 amide bonds. The number of halogens is 1. The highest BCUT2D eigenvalue weighted by Crippen LogP contribution is 2.24. The number of nitrogens with one attached hydrogen (secondary N) is 1. The van der Waals surface area contributed by atoms with E-state index in [-0.39, 0.29) is 11.8 Å². The molecule has 0 saturated heterocycles.